The molecule has 0 radical (unpaired) electrons. The molecule has 0 amide bonds. The van der Waals surface area contributed by atoms with Gasteiger partial charge in [-0.1, -0.05) is 0 Å². The van der Waals surface area contributed by atoms with Crippen LogP contribution in [0.1, 0.15) is 18.5 Å². The Morgan fingerprint density at radius 1 is 1.70 bits per heavy atom. The van der Waals surface area contributed by atoms with Crippen LogP contribution in [0.25, 0.3) is 0 Å². The molecule has 0 aromatic carbocycles. The lowest BCUT2D eigenvalue weighted by molar-refractivity contribution is -0.107. The third-order valence-electron chi connectivity index (χ3n) is 1.33. The van der Waals surface area contributed by atoms with E-state index in [1.807, 2.05) is 6.07 Å². The lowest BCUT2D eigenvalue weighted by atomic mass is 10.2. The normalized spacial score (nSPS) is 9.60. The SMILES string of the molecule is O=CCCCc1ccn[nH]1. The second-order valence-corrected chi connectivity index (χ2v) is 2.14. The summed E-state index contributed by atoms with van der Waals surface area (Å²) in [6.45, 7) is 0. The highest BCUT2D eigenvalue weighted by molar-refractivity contribution is 5.49. The molecule has 3 heteroatoms. The van der Waals surface area contributed by atoms with Crippen molar-refractivity contribution in [2.75, 3.05) is 0 Å². The van der Waals surface area contributed by atoms with Gasteiger partial charge in [-0.15, -0.1) is 0 Å². The molecule has 0 saturated carbocycles. The van der Waals surface area contributed by atoms with E-state index in [1.54, 1.807) is 6.20 Å². The largest absolute Gasteiger partial charge is 0.303 e. The quantitative estimate of drug-likeness (QED) is 0.497. The van der Waals surface area contributed by atoms with Crippen molar-refractivity contribution in [3.63, 3.8) is 0 Å². The molecular weight excluding hydrogens is 128 g/mol. The first-order chi connectivity index (χ1) is 4.93. The maximum Gasteiger partial charge on any atom is 0.120 e. The molecule has 1 aromatic rings. The van der Waals surface area contributed by atoms with Crippen molar-refractivity contribution in [3.8, 4) is 0 Å². The number of H-pyrrole nitrogens is 1. The number of aryl methyl sites for hydroxylation is 1. The summed E-state index contributed by atoms with van der Waals surface area (Å²) in [5, 5.41) is 6.62. The molecule has 54 valence electrons. The summed E-state index contributed by atoms with van der Waals surface area (Å²) in [4.78, 5) is 9.91. The minimum absolute atomic E-state index is 0.638. The fourth-order valence-electron chi connectivity index (χ4n) is 0.800. The summed E-state index contributed by atoms with van der Waals surface area (Å²) in [5.41, 5.74) is 1.10. The number of aldehydes is 1. The van der Waals surface area contributed by atoms with Crippen LogP contribution in [0.3, 0.4) is 0 Å². The zero-order chi connectivity index (χ0) is 7.23. The van der Waals surface area contributed by atoms with Crippen LogP contribution in [0.4, 0.5) is 0 Å². The minimum atomic E-state index is 0.638. The molecule has 0 fully saturated rings. The van der Waals surface area contributed by atoms with Gasteiger partial charge < -0.3 is 4.79 Å². The summed E-state index contributed by atoms with van der Waals surface area (Å²) in [5.74, 6) is 0. The number of rotatable bonds is 4. The van der Waals surface area contributed by atoms with E-state index in [0.29, 0.717) is 6.42 Å². The first-order valence-electron chi connectivity index (χ1n) is 3.35. The Labute approximate surface area is 59.4 Å². The Bertz CT molecular complexity index is 181. The summed E-state index contributed by atoms with van der Waals surface area (Å²) in [6.07, 6.45) is 5.12. The molecule has 1 heterocycles. The van der Waals surface area contributed by atoms with Crippen molar-refractivity contribution in [2.45, 2.75) is 19.3 Å². The van der Waals surface area contributed by atoms with E-state index >= 15 is 0 Å². The van der Waals surface area contributed by atoms with E-state index in [1.165, 1.54) is 0 Å². The van der Waals surface area contributed by atoms with Crippen LogP contribution in [-0.4, -0.2) is 16.5 Å². The van der Waals surface area contributed by atoms with Crippen LogP contribution in [0, 0.1) is 0 Å². The third kappa shape index (κ3) is 2.01. The Hall–Kier alpha value is -1.12. The van der Waals surface area contributed by atoms with E-state index < -0.39 is 0 Å². The van der Waals surface area contributed by atoms with E-state index in [0.717, 1.165) is 24.8 Å². The van der Waals surface area contributed by atoms with Gasteiger partial charge in [0.25, 0.3) is 0 Å². The average Bonchev–Trinajstić information content (AvgIpc) is 2.41. The summed E-state index contributed by atoms with van der Waals surface area (Å²) in [7, 11) is 0. The van der Waals surface area contributed by atoms with Crippen LogP contribution in [0.15, 0.2) is 12.3 Å². The van der Waals surface area contributed by atoms with Crippen LogP contribution in [0.5, 0.6) is 0 Å². The number of nitrogens with one attached hydrogen (secondary N) is 1. The second kappa shape index (κ2) is 3.82. The van der Waals surface area contributed by atoms with Gasteiger partial charge in [0.2, 0.25) is 0 Å². The van der Waals surface area contributed by atoms with Gasteiger partial charge in [0.05, 0.1) is 0 Å². The molecule has 0 aliphatic carbocycles. The monoisotopic (exact) mass is 138 g/mol. The molecular formula is C7H10N2O. The molecule has 0 spiro atoms. The van der Waals surface area contributed by atoms with Gasteiger partial charge >= 0.3 is 0 Å². The van der Waals surface area contributed by atoms with Crippen molar-refractivity contribution in [1.29, 1.82) is 0 Å². The molecule has 0 unspecified atom stereocenters. The molecule has 10 heavy (non-hydrogen) atoms. The first kappa shape index (κ1) is 6.99. The molecule has 1 aromatic heterocycles. The predicted octanol–water partition coefficient (Wildman–Crippen LogP) is 0.931. The molecule has 0 saturated heterocycles. The Balaban J connectivity index is 2.21. The van der Waals surface area contributed by atoms with E-state index in [9.17, 15) is 4.79 Å². The molecule has 0 bridgehead atoms. The van der Waals surface area contributed by atoms with Gasteiger partial charge in [0, 0.05) is 18.3 Å². The number of carbonyl (C=O) groups excluding carboxylic acids is 1. The van der Waals surface area contributed by atoms with Gasteiger partial charge in [-0.3, -0.25) is 5.10 Å². The third-order valence-corrected chi connectivity index (χ3v) is 1.33. The molecule has 1 rings (SSSR count). The van der Waals surface area contributed by atoms with Gasteiger partial charge in [-0.25, -0.2) is 0 Å². The number of hydrogen-bond acceptors (Lipinski definition) is 2. The van der Waals surface area contributed by atoms with Gasteiger partial charge in [0.15, 0.2) is 0 Å². The van der Waals surface area contributed by atoms with Crippen molar-refractivity contribution in [3.05, 3.63) is 18.0 Å². The van der Waals surface area contributed by atoms with Crippen molar-refractivity contribution in [1.82, 2.24) is 10.2 Å². The average molecular weight is 138 g/mol. The topological polar surface area (TPSA) is 45.8 Å². The van der Waals surface area contributed by atoms with E-state index in [-0.39, 0.29) is 0 Å². The van der Waals surface area contributed by atoms with Crippen LogP contribution in [0.2, 0.25) is 0 Å². The second-order valence-electron chi connectivity index (χ2n) is 2.14. The zero-order valence-electron chi connectivity index (χ0n) is 5.71. The number of aromatic nitrogens is 2. The lowest BCUT2D eigenvalue weighted by Gasteiger charge is -1.90. The summed E-state index contributed by atoms with van der Waals surface area (Å²) >= 11 is 0. The molecule has 0 aliphatic heterocycles. The van der Waals surface area contributed by atoms with Crippen molar-refractivity contribution >= 4 is 6.29 Å². The number of unbranched alkanes of at least 4 members (excludes halogenated alkanes) is 1. The van der Waals surface area contributed by atoms with E-state index in [2.05, 4.69) is 10.2 Å². The number of hydrogen-bond donors (Lipinski definition) is 1. The maximum absolute atomic E-state index is 9.91. The summed E-state index contributed by atoms with van der Waals surface area (Å²) < 4.78 is 0. The van der Waals surface area contributed by atoms with Crippen molar-refractivity contribution in [2.24, 2.45) is 0 Å². The lowest BCUT2D eigenvalue weighted by Crippen LogP contribution is -1.85. The number of carbonyl (C=O) groups is 1. The number of aromatic amines is 1. The van der Waals surface area contributed by atoms with Crippen LogP contribution >= 0.6 is 0 Å². The Morgan fingerprint density at radius 2 is 2.60 bits per heavy atom. The molecule has 0 aliphatic rings. The predicted molar refractivity (Wildman–Crippen MR) is 37.6 cm³/mol. The van der Waals surface area contributed by atoms with Crippen molar-refractivity contribution < 1.29 is 4.79 Å². The van der Waals surface area contributed by atoms with Crippen LogP contribution in [-0.2, 0) is 11.2 Å². The van der Waals surface area contributed by atoms with Gasteiger partial charge in [0.1, 0.15) is 6.29 Å². The summed E-state index contributed by atoms with van der Waals surface area (Å²) in [6, 6.07) is 1.92. The zero-order valence-corrected chi connectivity index (χ0v) is 5.71. The van der Waals surface area contributed by atoms with Gasteiger partial charge in [-0.05, 0) is 18.9 Å². The first-order valence-corrected chi connectivity index (χ1v) is 3.35. The van der Waals surface area contributed by atoms with E-state index in [4.69, 9.17) is 0 Å². The smallest absolute Gasteiger partial charge is 0.120 e. The molecule has 0 atom stereocenters. The fourth-order valence-corrected chi connectivity index (χ4v) is 0.800. The molecule has 3 nitrogen and oxygen atoms in total. The Kier molecular flexibility index (Phi) is 2.67. The highest BCUT2D eigenvalue weighted by Crippen LogP contribution is 1.97. The Morgan fingerprint density at radius 3 is 3.20 bits per heavy atom. The molecule has 1 N–H and O–H groups in total. The fraction of sp³-hybridized carbons (Fsp3) is 0.429. The highest BCUT2D eigenvalue weighted by atomic mass is 16.1. The maximum atomic E-state index is 9.91. The van der Waals surface area contributed by atoms with Gasteiger partial charge in [-0.2, -0.15) is 5.10 Å². The standard InChI is InChI=1S/C7H10N2O/c10-6-2-1-3-7-4-5-8-9-7/h4-6H,1-3H2,(H,8,9). The highest BCUT2D eigenvalue weighted by Gasteiger charge is 1.91. The van der Waals surface area contributed by atoms with Crippen LogP contribution < -0.4 is 0 Å². The minimum Gasteiger partial charge on any atom is -0.303 e. The number of nitrogens with zero attached hydrogens (tertiary/aromatic N) is 1.